The molecule has 1 heteroatoms. The molecule has 43 heavy (non-hydrogen) atoms. The van der Waals surface area contributed by atoms with Gasteiger partial charge in [-0.2, -0.15) is 0 Å². The highest BCUT2D eigenvalue weighted by atomic mass is 16.3. The fraction of sp³-hybridized carbons (Fsp3) is 0. The number of furan rings is 1. The van der Waals surface area contributed by atoms with Gasteiger partial charge in [0.2, 0.25) is 0 Å². The topological polar surface area (TPSA) is 13.1 Å². The average molecular weight is 552 g/mol. The number of fused-ring (bicyclic) bond motifs is 7. The number of benzene rings is 8. The summed E-state index contributed by atoms with van der Waals surface area (Å²) < 4.78 is 49.3. The van der Waals surface area contributed by atoms with Crippen LogP contribution in [0.3, 0.4) is 0 Å². The van der Waals surface area contributed by atoms with Crippen LogP contribution in [0.1, 0.15) is 6.85 Å². The van der Waals surface area contributed by atoms with Gasteiger partial charge in [-0.05, 0) is 78.5 Å². The van der Waals surface area contributed by atoms with E-state index in [-0.39, 0.29) is 29.7 Å². The molecule has 0 saturated carbocycles. The third-order valence-electron chi connectivity index (χ3n) is 8.53. The lowest BCUT2D eigenvalue weighted by Gasteiger charge is -2.17. The SMILES string of the molecule is [2H]c1c([2H])c([2H])c(-c2c3ccccc3c(-c3ccc4oc5c6ccccc6c(-c6ccccc6)cc5c4c3)c3ccccc23)c([2H])c1[2H]. The Morgan fingerprint density at radius 2 is 0.953 bits per heavy atom. The largest absolute Gasteiger partial charge is 0.455 e. The van der Waals surface area contributed by atoms with Crippen molar-refractivity contribution in [3.63, 3.8) is 0 Å². The van der Waals surface area contributed by atoms with Gasteiger partial charge in [-0.1, -0.05) is 139 Å². The molecule has 8 aromatic carbocycles. The smallest absolute Gasteiger partial charge is 0.143 e. The van der Waals surface area contributed by atoms with Crippen LogP contribution >= 0.6 is 0 Å². The summed E-state index contributed by atoms with van der Waals surface area (Å²) in [6, 6.07) is 41.7. The lowest BCUT2D eigenvalue weighted by Crippen LogP contribution is -1.90. The van der Waals surface area contributed by atoms with E-state index >= 15 is 0 Å². The molecule has 0 atom stereocenters. The molecule has 0 aliphatic carbocycles. The minimum absolute atomic E-state index is 0.205. The molecule has 1 nitrogen and oxygen atoms in total. The van der Waals surface area contributed by atoms with Crippen LogP contribution in [0.4, 0.5) is 0 Å². The zero-order chi connectivity index (χ0) is 32.7. The monoisotopic (exact) mass is 551 g/mol. The predicted octanol–water partition coefficient (Wildman–Crippen LogP) is 12.0. The lowest BCUT2D eigenvalue weighted by molar-refractivity contribution is 0.673. The lowest BCUT2D eigenvalue weighted by atomic mass is 9.85. The van der Waals surface area contributed by atoms with Crippen molar-refractivity contribution in [3.8, 4) is 33.4 Å². The Balaban J connectivity index is 1.38. The van der Waals surface area contributed by atoms with Gasteiger partial charge in [0.05, 0.1) is 6.85 Å². The number of rotatable bonds is 3. The van der Waals surface area contributed by atoms with E-state index in [0.717, 1.165) is 76.5 Å². The molecule has 0 aliphatic heterocycles. The second-order valence-electron chi connectivity index (χ2n) is 10.9. The van der Waals surface area contributed by atoms with Crippen molar-refractivity contribution in [3.05, 3.63) is 158 Å². The summed E-state index contributed by atoms with van der Waals surface area (Å²) in [6.45, 7) is 0. The molecule has 0 spiro atoms. The van der Waals surface area contributed by atoms with Crippen LogP contribution in [-0.2, 0) is 0 Å². The molecular formula is C42H26O. The minimum Gasteiger partial charge on any atom is -0.455 e. The van der Waals surface area contributed by atoms with E-state index < -0.39 is 6.04 Å². The Morgan fingerprint density at radius 3 is 1.60 bits per heavy atom. The highest BCUT2D eigenvalue weighted by Crippen LogP contribution is 2.45. The van der Waals surface area contributed by atoms with Crippen LogP contribution in [0.15, 0.2) is 162 Å². The van der Waals surface area contributed by atoms with Gasteiger partial charge >= 0.3 is 0 Å². The van der Waals surface area contributed by atoms with Crippen molar-refractivity contribution in [1.82, 2.24) is 0 Å². The van der Waals surface area contributed by atoms with Gasteiger partial charge in [-0.25, -0.2) is 0 Å². The maximum Gasteiger partial charge on any atom is 0.143 e. The first kappa shape index (κ1) is 19.5. The first-order valence-electron chi connectivity index (χ1n) is 16.9. The average Bonchev–Trinajstić information content (AvgIpc) is 3.51. The van der Waals surface area contributed by atoms with Crippen LogP contribution in [0.5, 0.6) is 0 Å². The van der Waals surface area contributed by atoms with Gasteiger partial charge in [0.1, 0.15) is 11.2 Å². The van der Waals surface area contributed by atoms with Crippen LogP contribution in [-0.4, -0.2) is 0 Å². The van der Waals surface area contributed by atoms with E-state index in [2.05, 4.69) is 72.8 Å². The summed E-state index contributed by atoms with van der Waals surface area (Å²) in [5, 5.41) is 7.74. The molecular weight excluding hydrogens is 520 g/mol. The quantitative estimate of drug-likeness (QED) is 0.199. The summed E-state index contributed by atoms with van der Waals surface area (Å²) in [6.07, 6.45) is 0. The van der Waals surface area contributed by atoms with Crippen molar-refractivity contribution in [2.24, 2.45) is 0 Å². The first-order valence-corrected chi connectivity index (χ1v) is 14.4. The molecule has 0 fully saturated rings. The van der Waals surface area contributed by atoms with E-state index in [1.807, 2.05) is 54.6 Å². The fourth-order valence-corrected chi connectivity index (χ4v) is 6.69. The molecule has 0 N–H and O–H groups in total. The van der Waals surface area contributed by atoms with Crippen LogP contribution in [0.25, 0.3) is 87.6 Å². The summed E-state index contributed by atoms with van der Waals surface area (Å²) in [4.78, 5) is 0. The second kappa shape index (κ2) is 9.44. The summed E-state index contributed by atoms with van der Waals surface area (Å²) in [7, 11) is 0. The van der Waals surface area contributed by atoms with Crippen molar-refractivity contribution in [2.75, 3.05) is 0 Å². The summed E-state index contributed by atoms with van der Waals surface area (Å²) >= 11 is 0. The molecule has 0 aliphatic rings. The van der Waals surface area contributed by atoms with E-state index in [1.54, 1.807) is 0 Å². The Kier molecular flexibility index (Phi) is 4.27. The highest BCUT2D eigenvalue weighted by Gasteiger charge is 2.19. The Bertz CT molecular complexity index is 2700. The molecule has 9 rings (SSSR count). The third-order valence-corrected chi connectivity index (χ3v) is 8.53. The Hall–Kier alpha value is -5.66. The van der Waals surface area contributed by atoms with E-state index in [1.165, 1.54) is 0 Å². The molecule has 0 saturated heterocycles. The highest BCUT2D eigenvalue weighted by molar-refractivity contribution is 6.23. The predicted molar refractivity (Wildman–Crippen MR) is 183 cm³/mol. The minimum atomic E-state index is -0.400. The number of hydrogen-bond donors (Lipinski definition) is 0. The van der Waals surface area contributed by atoms with Crippen LogP contribution < -0.4 is 0 Å². The summed E-state index contributed by atoms with van der Waals surface area (Å²) in [5.41, 5.74) is 6.79. The third kappa shape index (κ3) is 3.65. The molecule has 0 bridgehead atoms. The maximum absolute atomic E-state index is 8.84. The zero-order valence-corrected chi connectivity index (χ0v) is 23.0. The molecule has 0 amide bonds. The van der Waals surface area contributed by atoms with Gasteiger partial charge < -0.3 is 4.42 Å². The van der Waals surface area contributed by atoms with Crippen LogP contribution in [0, 0.1) is 0 Å². The standard InChI is InChI=1S/C42H26O/c1-3-13-27(14-4-1)36-26-38-37-25-29(23-24-39(37)43-42(38)35-22-12-7-17-30(35)36)41-33-20-10-8-18-31(33)40(28-15-5-2-6-16-28)32-19-9-11-21-34(32)41/h1-26H/i2D,5D,6D,15D,16D. The van der Waals surface area contributed by atoms with Crippen LogP contribution in [0.2, 0.25) is 0 Å². The van der Waals surface area contributed by atoms with Crippen molar-refractivity contribution >= 4 is 54.3 Å². The number of hydrogen-bond acceptors (Lipinski definition) is 1. The normalized spacial score (nSPS) is 13.3. The van der Waals surface area contributed by atoms with E-state index in [9.17, 15) is 0 Å². The van der Waals surface area contributed by atoms with Gasteiger partial charge in [0.15, 0.2) is 0 Å². The van der Waals surface area contributed by atoms with Gasteiger partial charge in [-0.15, -0.1) is 0 Å². The molecule has 200 valence electrons. The van der Waals surface area contributed by atoms with E-state index in [0.29, 0.717) is 5.56 Å². The van der Waals surface area contributed by atoms with Crippen molar-refractivity contribution in [1.29, 1.82) is 0 Å². The first-order chi connectivity index (χ1) is 23.4. The van der Waals surface area contributed by atoms with Gasteiger partial charge in [-0.3, -0.25) is 0 Å². The Morgan fingerprint density at radius 1 is 0.395 bits per heavy atom. The van der Waals surface area contributed by atoms with Gasteiger partial charge in [0.25, 0.3) is 0 Å². The molecule has 1 aromatic heterocycles. The maximum atomic E-state index is 8.84. The molecule has 1 heterocycles. The Labute approximate surface area is 256 Å². The molecule has 9 aromatic rings. The van der Waals surface area contributed by atoms with Crippen molar-refractivity contribution < 1.29 is 11.3 Å². The van der Waals surface area contributed by atoms with Crippen molar-refractivity contribution in [2.45, 2.75) is 0 Å². The van der Waals surface area contributed by atoms with E-state index in [4.69, 9.17) is 11.3 Å². The second-order valence-corrected chi connectivity index (χ2v) is 10.9. The van der Waals surface area contributed by atoms with Gasteiger partial charge in [0, 0.05) is 16.2 Å². The molecule has 0 radical (unpaired) electrons. The summed E-state index contributed by atoms with van der Waals surface area (Å²) in [5.74, 6) is 0. The fourth-order valence-electron chi connectivity index (χ4n) is 6.69. The molecule has 0 unspecified atom stereocenters. The zero-order valence-electron chi connectivity index (χ0n) is 28.0.